The molecular formula is C23H31N5. The van der Waals surface area contributed by atoms with Gasteiger partial charge >= 0.3 is 0 Å². The largest absolute Gasteiger partial charge is 0.309 e. The van der Waals surface area contributed by atoms with Gasteiger partial charge in [-0.1, -0.05) is 27.3 Å². The minimum absolute atomic E-state index is 0. The molecule has 0 spiro atoms. The van der Waals surface area contributed by atoms with Gasteiger partial charge in [0.15, 0.2) is 0 Å². The predicted molar refractivity (Wildman–Crippen MR) is 114 cm³/mol. The van der Waals surface area contributed by atoms with Crippen molar-refractivity contribution in [2.45, 2.75) is 58.7 Å². The summed E-state index contributed by atoms with van der Waals surface area (Å²) < 4.78 is 2.25. The van der Waals surface area contributed by atoms with Crippen LogP contribution in [0.1, 0.15) is 51.4 Å². The smallest absolute Gasteiger partial charge is 0.137 e. The Morgan fingerprint density at radius 3 is 2.57 bits per heavy atom. The summed E-state index contributed by atoms with van der Waals surface area (Å²) in [5.74, 6) is 0.441. The van der Waals surface area contributed by atoms with Gasteiger partial charge in [0.1, 0.15) is 5.65 Å². The molecule has 0 aromatic carbocycles. The Morgan fingerprint density at radius 2 is 1.89 bits per heavy atom. The summed E-state index contributed by atoms with van der Waals surface area (Å²) in [4.78, 5) is 12.2. The van der Waals surface area contributed by atoms with Crippen molar-refractivity contribution in [1.82, 2.24) is 24.6 Å². The summed E-state index contributed by atoms with van der Waals surface area (Å²) in [6.07, 6.45) is 6.74. The lowest BCUT2D eigenvalue weighted by atomic mass is 10.1. The monoisotopic (exact) mass is 377 g/mol. The number of likely N-dealkylation sites (tertiary alicyclic amines) is 1. The van der Waals surface area contributed by atoms with Crippen molar-refractivity contribution in [2.75, 3.05) is 13.1 Å². The van der Waals surface area contributed by atoms with E-state index in [4.69, 9.17) is 4.98 Å². The van der Waals surface area contributed by atoms with Crippen LogP contribution < -0.4 is 5.32 Å². The lowest BCUT2D eigenvalue weighted by Crippen LogP contribution is -2.50. The highest BCUT2D eigenvalue weighted by atomic mass is 15.2. The molecule has 0 amide bonds. The minimum Gasteiger partial charge on any atom is -0.309 e. The van der Waals surface area contributed by atoms with E-state index >= 15 is 0 Å². The Bertz CT molecular complexity index is 931. The fourth-order valence-corrected chi connectivity index (χ4v) is 4.54. The van der Waals surface area contributed by atoms with Gasteiger partial charge in [-0.05, 0) is 43.0 Å². The van der Waals surface area contributed by atoms with Gasteiger partial charge in [0.25, 0.3) is 0 Å². The number of nitrogens with one attached hydrogen (secondary N) is 1. The molecule has 5 rings (SSSR count). The van der Waals surface area contributed by atoms with E-state index in [0.717, 1.165) is 42.2 Å². The maximum absolute atomic E-state index is 4.96. The average molecular weight is 378 g/mol. The molecule has 2 atom stereocenters. The fourth-order valence-electron chi connectivity index (χ4n) is 4.54. The van der Waals surface area contributed by atoms with E-state index in [1.165, 1.54) is 18.5 Å². The van der Waals surface area contributed by atoms with Crippen molar-refractivity contribution >= 4 is 5.65 Å². The molecule has 2 unspecified atom stereocenters. The maximum Gasteiger partial charge on any atom is 0.137 e. The van der Waals surface area contributed by atoms with Crippen LogP contribution >= 0.6 is 0 Å². The maximum atomic E-state index is 4.96. The summed E-state index contributed by atoms with van der Waals surface area (Å²) in [6, 6.07) is 11.8. The first-order valence-electron chi connectivity index (χ1n) is 10.1. The highest BCUT2D eigenvalue weighted by molar-refractivity contribution is 5.66. The van der Waals surface area contributed by atoms with Gasteiger partial charge in [-0.2, -0.15) is 0 Å². The van der Waals surface area contributed by atoms with Crippen molar-refractivity contribution in [3.8, 4) is 11.3 Å². The number of hydrogen-bond acceptors (Lipinski definition) is 4. The zero-order chi connectivity index (χ0) is 18.4. The van der Waals surface area contributed by atoms with Gasteiger partial charge in [0.2, 0.25) is 0 Å². The zero-order valence-corrected chi connectivity index (χ0v) is 16.1. The number of aromatic nitrogens is 3. The van der Waals surface area contributed by atoms with Crippen LogP contribution in [0.4, 0.5) is 0 Å². The summed E-state index contributed by atoms with van der Waals surface area (Å²) in [6.45, 7) is 7.54. The van der Waals surface area contributed by atoms with Crippen LogP contribution in [0.3, 0.4) is 0 Å². The molecule has 0 saturated carbocycles. The molecule has 2 aliphatic rings. The van der Waals surface area contributed by atoms with Gasteiger partial charge in [-0.25, -0.2) is 4.98 Å². The van der Waals surface area contributed by atoms with Crippen molar-refractivity contribution in [2.24, 2.45) is 0 Å². The molecule has 28 heavy (non-hydrogen) atoms. The summed E-state index contributed by atoms with van der Waals surface area (Å²) >= 11 is 0. The van der Waals surface area contributed by atoms with Crippen LogP contribution in [-0.4, -0.2) is 44.4 Å². The average Bonchev–Trinajstić information content (AvgIpc) is 3.22. The topological polar surface area (TPSA) is 45.5 Å². The molecular weight excluding hydrogens is 346 g/mol. The van der Waals surface area contributed by atoms with Crippen molar-refractivity contribution in [1.29, 1.82) is 0 Å². The molecule has 2 saturated heterocycles. The Kier molecular flexibility index (Phi) is 5.21. The van der Waals surface area contributed by atoms with Gasteiger partial charge in [0, 0.05) is 55.4 Å². The van der Waals surface area contributed by atoms with Gasteiger partial charge < -0.3 is 9.72 Å². The molecule has 0 radical (unpaired) electrons. The number of rotatable bonds is 4. The van der Waals surface area contributed by atoms with E-state index in [2.05, 4.69) is 70.0 Å². The first-order valence-corrected chi connectivity index (χ1v) is 10.1. The molecule has 2 fully saturated rings. The van der Waals surface area contributed by atoms with E-state index in [9.17, 15) is 0 Å². The fraction of sp³-hybridized carbons (Fsp3) is 0.478. The second-order valence-corrected chi connectivity index (χ2v) is 8.29. The summed E-state index contributed by atoms with van der Waals surface area (Å²) in [5.41, 5.74) is 5.58. The second-order valence-electron chi connectivity index (χ2n) is 8.29. The number of nitrogens with zero attached hydrogens (tertiary/aromatic N) is 4. The Morgan fingerprint density at radius 1 is 1.11 bits per heavy atom. The molecule has 148 valence electrons. The number of hydrogen-bond donors (Lipinski definition) is 1. The summed E-state index contributed by atoms with van der Waals surface area (Å²) in [7, 11) is 0. The van der Waals surface area contributed by atoms with Crippen LogP contribution in [0.5, 0.6) is 0 Å². The Hall–Kier alpha value is -2.24. The van der Waals surface area contributed by atoms with Crippen molar-refractivity contribution in [3.63, 3.8) is 0 Å². The van der Waals surface area contributed by atoms with E-state index in [1.54, 1.807) is 0 Å². The van der Waals surface area contributed by atoms with Crippen LogP contribution in [0.2, 0.25) is 0 Å². The molecule has 0 aliphatic carbocycles. The van der Waals surface area contributed by atoms with E-state index in [1.807, 2.05) is 6.20 Å². The van der Waals surface area contributed by atoms with Crippen molar-refractivity contribution < 1.29 is 0 Å². The number of fused-ring (bicyclic) bond motifs is 3. The zero-order valence-electron chi connectivity index (χ0n) is 16.1. The van der Waals surface area contributed by atoms with E-state index in [0.29, 0.717) is 18.0 Å². The van der Waals surface area contributed by atoms with Gasteiger partial charge in [-0.3, -0.25) is 9.88 Å². The molecule has 5 nitrogen and oxygen atoms in total. The Labute approximate surface area is 167 Å². The third kappa shape index (κ3) is 3.45. The normalized spacial score (nSPS) is 22.0. The molecule has 5 heterocycles. The van der Waals surface area contributed by atoms with E-state index < -0.39 is 0 Å². The molecule has 2 aliphatic heterocycles. The quantitative estimate of drug-likeness (QED) is 0.744. The second kappa shape index (κ2) is 7.64. The third-order valence-corrected chi connectivity index (χ3v) is 5.95. The SMILES string of the molecule is C.CC(C)c1ccc(-c2nc3ccccn3c2CN2CC3CCC(C2)N3)cn1. The molecule has 5 heteroatoms. The Balaban J connectivity index is 0.00000192. The minimum atomic E-state index is 0. The van der Waals surface area contributed by atoms with Crippen LogP contribution in [0, 0.1) is 0 Å². The molecule has 1 N–H and O–H groups in total. The van der Waals surface area contributed by atoms with Crippen molar-refractivity contribution in [3.05, 3.63) is 54.1 Å². The summed E-state index contributed by atoms with van der Waals surface area (Å²) in [5, 5.41) is 3.73. The highest BCUT2D eigenvalue weighted by Gasteiger charge is 2.32. The standard InChI is InChI=1S/C22H27N5.CH4/c1-15(2)19-9-6-16(11-23-19)22-20(27-10-4-3-5-21(27)25-22)14-26-12-17-7-8-18(13-26)24-17;/h3-6,9-11,15,17-18,24H,7-8,12-14H2,1-2H3;1H4. The highest BCUT2D eigenvalue weighted by Crippen LogP contribution is 2.28. The first-order chi connectivity index (χ1) is 13.2. The predicted octanol–water partition coefficient (Wildman–Crippen LogP) is 4.09. The number of pyridine rings is 2. The molecule has 3 aromatic heterocycles. The third-order valence-electron chi connectivity index (χ3n) is 5.95. The molecule has 3 aromatic rings. The van der Waals surface area contributed by atoms with Gasteiger partial charge in [0.05, 0.1) is 11.4 Å². The number of piperazine rings is 1. The van der Waals surface area contributed by atoms with Gasteiger partial charge in [-0.15, -0.1) is 0 Å². The van der Waals surface area contributed by atoms with E-state index in [-0.39, 0.29) is 7.43 Å². The molecule has 2 bridgehead atoms. The van der Waals surface area contributed by atoms with Crippen LogP contribution in [-0.2, 0) is 6.54 Å². The number of imidazole rings is 1. The lowest BCUT2D eigenvalue weighted by Gasteiger charge is -2.32. The van der Waals surface area contributed by atoms with Crippen LogP contribution in [0.25, 0.3) is 16.9 Å². The first kappa shape index (κ1) is 19.1. The lowest BCUT2D eigenvalue weighted by molar-refractivity contribution is 0.187. The van der Waals surface area contributed by atoms with Crippen LogP contribution in [0.15, 0.2) is 42.7 Å².